The third-order valence-corrected chi connectivity index (χ3v) is 5.09. The van der Waals surface area contributed by atoms with E-state index in [4.69, 9.17) is 0 Å². The van der Waals surface area contributed by atoms with Gasteiger partial charge in [0.2, 0.25) is 0 Å². The summed E-state index contributed by atoms with van der Waals surface area (Å²) in [5, 5.41) is 13.0. The molecule has 0 aliphatic carbocycles. The minimum absolute atomic E-state index is 0.113. The molecule has 0 radical (unpaired) electrons. The first-order valence-electron chi connectivity index (χ1n) is 9.72. The summed E-state index contributed by atoms with van der Waals surface area (Å²) in [6, 6.07) is 13.0. The number of para-hydroxylation sites is 1. The highest BCUT2D eigenvalue weighted by atomic mass is 16.3. The minimum Gasteiger partial charge on any atom is -0.507 e. The molecule has 2 N–H and O–H groups in total. The van der Waals surface area contributed by atoms with Gasteiger partial charge < -0.3 is 10.4 Å². The summed E-state index contributed by atoms with van der Waals surface area (Å²) in [7, 11) is 0. The molecule has 1 saturated heterocycles. The Morgan fingerprint density at radius 2 is 1.76 bits per heavy atom. The van der Waals surface area contributed by atoms with Crippen molar-refractivity contribution < 1.29 is 9.90 Å². The lowest BCUT2D eigenvalue weighted by Crippen LogP contribution is -2.44. The van der Waals surface area contributed by atoms with Gasteiger partial charge in [-0.3, -0.25) is 14.7 Å². The van der Waals surface area contributed by atoms with E-state index >= 15 is 0 Å². The van der Waals surface area contributed by atoms with E-state index < -0.39 is 0 Å². The maximum absolute atomic E-state index is 12.5. The highest BCUT2D eigenvalue weighted by Crippen LogP contribution is 2.25. The summed E-state index contributed by atoms with van der Waals surface area (Å²) in [5.74, 6) is 0.335. The maximum atomic E-state index is 12.5. The van der Waals surface area contributed by atoms with Crippen LogP contribution >= 0.6 is 0 Å². The van der Waals surface area contributed by atoms with Crippen LogP contribution in [0.2, 0.25) is 0 Å². The first-order chi connectivity index (χ1) is 14.2. The van der Waals surface area contributed by atoms with Crippen LogP contribution in [0, 0.1) is 0 Å². The van der Waals surface area contributed by atoms with Gasteiger partial charge in [0.25, 0.3) is 5.91 Å². The smallest absolute Gasteiger partial charge is 0.254 e. The second-order valence-corrected chi connectivity index (χ2v) is 7.16. The molecule has 3 heterocycles. The molecule has 1 fully saturated rings. The van der Waals surface area contributed by atoms with Gasteiger partial charge in [-0.25, -0.2) is 9.97 Å². The first-order valence-corrected chi connectivity index (χ1v) is 9.72. The Kier molecular flexibility index (Phi) is 5.76. The Morgan fingerprint density at radius 1 is 1.03 bits per heavy atom. The van der Waals surface area contributed by atoms with Crippen molar-refractivity contribution >= 4 is 5.91 Å². The molecule has 148 valence electrons. The first kappa shape index (κ1) is 19.0. The van der Waals surface area contributed by atoms with Gasteiger partial charge in [-0.1, -0.05) is 18.2 Å². The molecular formula is C22H23N5O2. The van der Waals surface area contributed by atoms with Gasteiger partial charge in [0.1, 0.15) is 5.75 Å². The summed E-state index contributed by atoms with van der Waals surface area (Å²) in [6.07, 6.45) is 6.61. The number of likely N-dealkylation sites (tertiary alicyclic amines) is 1. The quantitative estimate of drug-likeness (QED) is 0.697. The number of aromatic hydroxyl groups is 1. The van der Waals surface area contributed by atoms with Gasteiger partial charge in [-0.05, 0) is 37.1 Å². The number of hydrogen-bond donors (Lipinski definition) is 2. The number of pyridine rings is 1. The van der Waals surface area contributed by atoms with Crippen molar-refractivity contribution in [3.63, 3.8) is 0 Å². The normalized spacial score (nSPS) is 15.2. The Labute approximate surface area is 169 Å². The van der Waals surface area contributed by atoms with Crippen LogP contribution in [-0.4, -0.2) is 50.0 Å². The highest BCUT2D eigenvalue weighted by Gasteiger charge is 2.22. The van der Waals surface area contributed by atoms with Gasteiger partial charge in [0, 0.05) is 44.3 Å². The molecule has 1 aliphatic rings. The monoisotopic (exact) mass is 389 g/mol. The number of carbonyl (C=O) groups is 1. The number of phenolic OH excluding ortho intramolecular Hbond substituents is 1. The van der Waals surface area contributed by atoms with Gasteiger partial charge in [0.05, 0.1) is 16.8 Å². The zero-order chi connectivity index (χ0) is 20.1. The molecule has 3 aromatic rings. The van der Waals surface area contributed by atoms with Crippen molar-refractivity contribution in [2.75, 3.05) is 13.1 Å². The SMILES string of the molecule is O=C(NC1CCN(Cc2ccccn2)CC1)c1cnc(-c2ccccc2O)nc1. The Bertz CT molecular complexity index is 954. The van der Waals surface area contributed by atoms with Crippen LogP contribution in [0.3, 0.4) is 0 Å². The fourth-order valence-electron chi connectivity index (χ4n) is 3.47. The number of carbonyl (C=O) groups excluding carboxylic acids is 1. The van der Waals surface area contributed by atoms with E-state index in [1.807, 2.05) is 24.4 Å². The number of benzene rings is 1. The lowest BCUT2D eigenvalue weighted by molar-refractivity contribution is 0.0908. The van der Waals surface area contributed by atoms with E-state index in [0.717, 1.165) is 38.2 Å². The molecule has 0 spiro atoms. The second-order valence-electron chi connectivity index (χ2n) is 7.16. The highest BCUT2D eigenvalue weighted by molar-refractivity contribution is 5.93. The van der Waals surface area contributed by atoms with Crippen LogP contribution in [0.25, 0.3) is 11.4 Å². The van der Waals surface area contributed by atoms with E-state index in [1.54, 1.807) is 24.3 Å². The molecule has 0 bridgehead atoms. The lowest BCUT2D eigenvalue weighted by Gasteiger charge is -2.32. The summed E-state index contributed by atoms with van der Waals surface area (Å²) < 4.78 is 0. The second kappa shape index (κ2) is 8.79. The third kappa shape index (κ3) is 4.75. The number of aromatic nitrogens is 3. The van der Waals surface area contributed by atoms with Crippen LogP contribution in [-0.2, 0) is 6.54 Å². The topological polar surface area (TPSA) is 91.2 Å². The summed E-state index contributed by atoms with van der Waals surface area (Å²) in [6.45, 7) is 2.68. The molecular weight excluding hydrogens is 366 g/mol. The number of hydrogen-bond acceptors (Lipinski definition) is 6. The number of nitrogens with one attached hydrogen (secondary N) is 1. The zero-order valence-corrected chi connectivity index (χ0v) is 16.0. The van der Waals surface area contributed by atoms with Gasteiger partial charge >= 0.3 is 0 Å². The van der Waals surface area contributed by atoms with Gasteiger partial charge in [-0.2, -0.15) is 0 Å². The standard InChI is InChI=1S/C22H23N5O2/c28-20-7-2-1-6-19(20)21-24-13-16(14-25-21)22(29)26-17-8-11-27(12-9-17)15-18-5-3-4-10-23-18/h1-7,10,13-14,17,28H,8-9,11-12,15H2,(H,26,29). The molecule has 0 atom stereocenters. The molecule has 1 amide bonds. The predicted octanol–water partition coefficient (Wildman–Crippen LogP) is 2.64. The zero-order valence-electron chi connectivity index (χ0n) is 16.0. The Balaban J connectivity index is 1.30. The van der Waals surface area contributed by atoms with Crippen molar-refractivity contribution in [1.29, 1.82) is 0 Å². The van der Waals surface area contributed by atoms with E-state index in [2.05, 4.69) is 25.2 Å². The van der Waals surface area contributed by atoms with Crippen LogP contribution in [0.1, 0.15) is 28.9 Å². The van der Waals surface area contributed by atoms with Crippen LogP contribution in [0.4, 0.5) is 0 Å². The predicted molar refractivity (Wildman–Crippen MR) is 109 cm³/mol. The van der Waals surface area contributed by atoms with Crippen molar-refractivity contribution in [2.24, 2.45) is 0 Å². The van der Waals surface area contributed by atoms with Crippen LogP contribution in [0.15, 0.2) is 61.1 Å². The Morgan fingerprint density at radius 3 is 2.45 bits per heavy atom. The number of phenols is 1. The summed E-state index contributed by atoms with van der Waals surface area (Å²) in [4.78, 5) is 27.7. The van der Waals surface area contributed by atoms with Crippen LogP contribution < -0.4 is 5.32 Å². The van der Waals surface area contributed by atoms with Crippen molar-refractivity contribution in [2.45, 2.75) is 25.4 Å². The third-order valence-electron chi connectivity index (χ3n) is 5.09. The van der Waals surface area contributed by atoms with E-state index in [0.29, 0.717) is 17.0 Å². The average molecular weight is 389 g/mol. The maximum Gasteiger partial charge on any atom is 0.254 e. The van der Waals surface area contributed by atoms with E-state index in [9.17, 15) is 9.90 Å². The van der Waals surface area contributed by atoms with E-state index in [1.165, 1.54) is 12.4 Å². The molecule has 29 heavy (non-hydrogen) atoms. The molecule has 1 aromatic carbocycles. The van der Waals surface area contributed by atoms with Crippen molar-refractivity contribution in [3.05, 3.63) is 72.3 Å². The van der Waals surface area contributed by atoms with Crippen LogP contribution in [0.5, 0.6) is 5.75 Å². The summed E-state index contributed by atoms with van der Waals surface area (Å²) in [5.41, 5.74) is 2.02. The van der Waals surface area contributed by atoms with Crippen molar-refractivity contribution in [3.8, 4) is 17.1 Å². The molecule has 4 rings (SSSR count). The number of piperidine rings is 1. The minimum atomic E-state index is -0.169. The number of amides is 1. The molecule has 7 nitrogen and oxygen atoms in total. The Hall–Kier alpha value is -3.32. The lowest BCUT2D eigenvalue weighted by atomic mass is 10.0. The molecule has 0 saturated carbocycles. The average Bonchev–Trinajstić information content (AvgIpc) is 2.76. The number of nitrogens with zero attached hydrogens (tertiary/aromatic N) is 4. The number of rotatable bonds is 5. The largest absolute Gasteiger partial charge is 0.507 e. The van der Waals surface area contributed by atoms with E-state index in [-0.39, 0.29) is 17.7 Å². The molecule has 1 aliphatic heterocycles. The molecule has 0 unspecified atom stereocenters. The van der Waals surface area contributed by atoms with Gasteiger partial charge in [0.15, 0.2) is 5.82 Å². The summed E-state index contributed by atoms with van der Waals surface area (Å²) >= 11 is 0. The van der Waals surface area contributed by atoms with Gasteiger partial charge in [-0.15, -0.1) is 0 Å². The molecule has 2 aromatic heterocycles. The van der Waals surface area contributed by atoms with Crippen molar-refractivity contribution in [1.82, 2.24) is 25.2 Å². The fourth-order valence-corrected chi connectivity index (χ4v) is 3.47. The fraction of sp³-hybridized carbons (Fsp3) is 0.273. The molecule has 7 heteroatoms.